The van der Waals surface area contributed by atoms with Crippen LogP contribution in [-0.2, 0) is 11.2 Å². The van der Waals surface area contributed by atoms with E-state index in [0.29, 0.717) is 17.9 Å². The molecule has 3 nitrogen and oxygen atoms in total. The standard InChI is InChI=1S/C16H13F2NO2/c17-12-3-5-14(6-4-12)19-16(20)11-7-10-1-2-13(18)8-15(10)21-9-11/h1-6,8,11H,7,9H2,(H,19,20). The fourth-order valence-electron chi connectivity index (χ4n) is 2.29. The average molecular weight is 289 g/mol. The molecule has 0 fully saturated rings. The molecule has 1 heterocycles. The second-order valence-corrected chi connectivity index (χ2v) is 4.96. The molecule has 108 valence electrons. The molecule has 1 aliphatic rings. The van der Waals surface area contributed by atoms with Crippen molar-refractivity contribution in [1.82, 2.24) is 0 Å². The van der Waals surface area contributed by atoms with E-state index in [1.54, 1.807) is 6.07 Å². The third-order valence-corrected chi connectivity index (χ3v) is 3.42. The molecule has 0 radical (unpaired) electrons. The number of carbonyl (C=O) groups excluding carboxylic acids is 1. The van der Waals surface area contributed by atoms with Gasteiger partial charge in [0.25, 0.3) is 0 Å². The molecule has 0 spiro atoms. The van der Waals surface area contributed by atoms with Crippen LogP contribution in [0.5, 0.6) is 5.75 Å². The third kappa shape index (κ3) is 3.02. The highest BCUT2D eigenvalue weighted by Gasteiger charge is 2.26. The Bertz CT molecular complexity index is 670. The van der Waals surface area contributed by atoms with E-state index in [0.717, 1.165) is 5.56 Å². The predicted molar refractivity (Wildman–Crippen MR) is 74.1 cm³/mol. The van der Waals surface area contributed by atoms with Crippen molar-refractivity contribution in [2.75, 3.05) is 11.9 Å². The first kappa shape index (κ1) is 13.5. The summed E-state index contributed by atoms with van der Waals surface area (Å²) in [4.78, 5) is 12.2. The van der Waals surface area contributed by atoms with E-state index in [1.807, 2.05) is 0 Å². The number of amides is 1. The molecule has 0 aliphatic carbocycles. The summed E-state index contributed by atoms with van der Waals surface area (Å²) in [7, 11) is 0. The lowest BCUT2D eigenvalue weighted by Crippen LogP contribution is -2.32. The summed E-state index contributed by atoms with van der Waals surface area (Å²) in [5.74, 6) is -0.779. The largest absolute Gasteiger partial charge is 0.492 e. The maximum absolute atomic E-state index is 13.1. The summed E-state index contributed by atoms with van der Waals surface area (Å²) in [5.41, 5.74) is 1.34. The fourth-order valence-corrected chi connectivity index (χ4v) is 2.29. The highest BCUT2D eigenvalue weighted by molar-refractivity contribution is 5.93. The molecule has 1 N–H and O–H groups in total. The van der Waals surface area contributed by atoms with Crippen molar-refractivity contribution >= 4 is 11.6 Å². The van der Waals surface area contributed by atoms with Crippen molar-refractivity contribution in [2.45, 2.75) is 6.42 Å². The molecule has 3 rings (SSSR count). The van der Waals surface area contributed by atoms with Crippen molar-refractivity contribution in [3.8, 4) is 5.75 Å². The van der Waals surface area contributed by atoms with E-state index in [-0.39, 0.29) is 30.1 Å². The zero-order chi connectivity index (χ0) is 14.8. The molecule has 2 aromatic rings. The first-order chi connectivity index (χ1) is 10.1. The van der Waals surface area contributed by atoms with Gasteiger partial charge in [0.05, 0.1) is 5.92 Å². The molecular weight excluding hydrogens is 276 g/mol. The van der Waals surface area contributed by atoms with Gasteiger partial charge in [-0.05, 0) is 42.3 Å². The van der Waals surface area contributed by atoms with E-state index in [1.165, 1.54) is 36.4 Å². The van der Waals surface area contributed by atoms with Gasteiger partial charge in [-0.1, -0.05) is 6.07 Å². The molecule has 1 amide bonds. The zero-order valence-electron chi connectivity index (χ0n) is 11.1. The molecule has 1 unspecified atom stereocenters. The Kier molecular flexibility index (Phi) is 3.56. The SMILES string of the molecule is O=C(Nc1ccc(F)cc1)C1COc2cc(F)ccc2C1. The summed E-state index contributed by atoms with van der Waals surface area (Å²) >= 11 is 0. The summed E-state index contributed by atoms with van der Waals surface area (Å²) in [6, 6.07) is 9.87. The van der Waals surface area contributed by atoms with Gasteiger partial charge in [0.2, 0.25) is 5.91 Å². The zero-order valence-corrected chi connectivity index (χ0v) is 11.1. The molecule has 1 atom stereocenters. The maximum atomic E-state index is 13.1. The van der Waals surface area contributed by atoms with Crippen molar-refractivity contribution in [3.63, 3.8) is 0 Å². The minimum absolute atomic E-state index is 0.198. The normalized spacial score (nSPS) is 16.8. The second kappa shape index (κ2) is 5.52. The molecular formula is C16H13F2NO2. The lowest BCUT2D eigenvalue weighted by molar-refractivity contribution is -0.121. The minimum Gasteiger partial charge on any atom is -0.492 e. The van der Waals surface area contributed by atoms with Crippen LogP contribution in [0, 0.1) is 17.6 Å². The van der Waals surface area contributed by atoms with Crippen LogP contribution in [0.15, 0.2) is 42.5 Å². The van der Waals surface area contributed by atoms with Crippen molar-refractivity contribution in [1.29, 1.82) is 0 Å². The molecule has 2 aromatic carbocycles. The van der Waals surface area contributed by atoms with Crippen LogP contribution in [-0.4, -0.2) is 12.5 Å². The number of carbonyl (C=O) groups is 1. The summed E-state index contributed by atoms with van der Waals surface area (Å²) in [6.45, 7) is 0.198. The Labute approximate surface area is 120 Å². The first-order valence-electron chi connectivity index (χ1n) is 6.59. The lowest BCUT2D eigenvalue weighted by Gasteiger charge is -2.24. The van der Waals surface area contributed by atoms with Gasteiger partial charge >= 0.3 is 0 Å². The van der Waals surface area contributed by atoms with Crippen molar-refractivity contribution in [2.24, 2.45) is 5.92 Å². The van der Waals surface area contributed by atoms with Crippen molar-refractivity contribution < 1.29 is 18.3 Å². The Morgan fingerprint density at radius 3 is 2.57 bits per heavy atom. The van der Waals surface area contributed by atoms with Crippen LogP contribution < -0.4 is 10.1 Å². The van der Waals surface area contributed by atoms with Gasteiger partial charge in [0, 0.05) is 11.8 Å². The smallest absolute Gasteiger partial charge is 0.231 e. The van der Waals surface area contributed by atoms with Crippen LogP contribution in [0.2, 0.25) is 0 Å². The summed E-state index contributed by atoms with van der Waals surface area (Å²) < 4.78 is 31.3. The molecule has 0 aromatic heterocycles. The van der Waals surface area contributed by atoms with Crippen LogP contribution >= 0.6 is 0 Å². The van der Waals surface area contributed by atoms with E-state index in [2.05, 4.69) is 5.32 Å². The van der Waals surface area contributed by atoms with Crippen LogP contribution in [0.25, 0.3) is 0 Å². The van der Waals surface area contributed by atoms with Crippen LogP contribution in [0.3, 0.4) is 0 Å². The Morgan fingerprint density at radius 1 is 1.10 bits per heavy atom. The summed E-state index contributed by atoms with van der Waals surface area (Å²) in [5, 5.41) is 2.72. The number of nitrogens with one attached hydrogen (secondary N) is 1. The molecule has 0 saturated carbocycles. The van der Waals surface area contributed by atoms with Gasteiger partial charge in [-0.25, -0.2) is 8.78 Å². The maximum Gasteiger partial charge on any atom is 0.231 e. The van der Waals surface area contributed by atoms with Gasteiger partial charge in [-0.3, -0.25) is 4.79 Å². The number of benzene rings is 2. The quantitative estimate of drug-likeness (QED) is 0.922. The minimum atomic E-state index is -0.358. The van der Waals surface area contributed by atoms with Gasteiger partial charge in [0.1, 0.15) is 24.0 Å². The Balaban J connectivity index is 1.69. The van der Waals surface area contributed by atoms with Gasteiger partial charge < -0.3 is 10.1 Å². The summed E-state index contributed by atoms with van der Waals surface area (Å²) in [6.07, 6.45) is 0.489. The Morgan fingerprint density at radius 2 is 1.81 bits per heavy atom. The second-order valence-electron chi connectivity index (χ2n) is 4.96. The van der Waals surface area contributed by atoms with E-state index >= 15 is 0 Å². The van der Waals surface area contributed by atoms with Gasteiger partial charge in [-0.2, -0.15) is 0 Å². The molecule has 5 heteroatoms. The number of anilines is 1. The highest BCUT2D eigenvalue weighted by atomic mass is 19.1. The predicted octanol–water partition coefficient (Wildman–Crippen LogP) is 3.15. The van der Waals surface area contributed by atoms with Crippen molar-refractivity contribution in [3.05, 3.63) is 59.7 Å². The number of rotatable bonds is 2. The fraction of sp³-hybridized carbons (Fsp3) is 0.188. The molecule has 21 heavy (non-hydrogen) atoms. The van der Waals surface area contributed by atoms with E-state index < -0.39 is 0 Å². The number of fused-ring (bicyclic) bond motifs is 1. The van der Waals surface area contributed by atoms with Crippen LogP contribution in [0.4, 0.5) is 14.5 Å². The average Bonchev–Trinajstić information content (AvgIpc) is 2.49. The number of hydrogen-bond acceptors (Lipinski definition) is 2. The number of halogens is 2. The molecule has 1 aliphatic heterocycles. The lowest BCUT2D eigenvalue weighted by atomic mass is 9.96. The third-order valence-electron chi connectivity index (χ3n) is 3.42. The molecule has 0 saturated heterocycles. The Hall–Kier alpha value is -2.43. The molecule has 0 bridgehead atoms. The van der Waals surface area contributed by atoms with E-state index in [9.17, 15) is 13.6 Å². The number of hydrogen-bond donors (Lipinski definition) is 1. The van der Waals surface area contributed by atoms with E-state index in [4.69, 9.17) is 4.74 Å². The van der Waals surface area contributed by atoms with Gasteiger partial charge in [0.15, 0.2) is 0 Å². The number of ether oxygens (including phenoxy) is 1. The highest BCUT2D eigenvalue weighted by Crippen LogP contribution is 2.28. The van der Waals surface area contributed by atoms with Gasteiger partial charge in [-0.15, -0.1) is 0 Å². The van der Waals surface area contributed by atoms with Crippen LogP contribution in [0.1, 0.15) is 5.56 Å². The first-order valence-corrected chi connectivity index (χ1v) is 6.59. The monoisotopic (exact) mass is 289 g/mol. The topological polar surface area (TPSA) is 38.3 Å².